The number of benzene rings is 1. The second-order valence-electron chi connectivity index (χ2n) is 2.14. The molecule has 2 N–H and O–H groups in total. The predicted molar refractivity (Wildman–Crippen MR) is 50.6 cm³/mol. The molecule has 0 unspecified atom stereocenters. The van der Waals surface area contributed by atoms with Crippen LogP contribution >= 0.6 is 11.8 Å². The maximum absolute atomic E-state index is 10.3. The molecule has 62 valence electrons. The van der Waals surface area contributed by atoms with Gasteiger partial charge in [-0.15, -0.1) is 0 Å². The van der Waals surface area contributed by atoms with Crippen LogP contribution < -0.4 is 5.73 Å². The van der Waals surface area contributed by atoms with Gasteiger partial charge in [-0.1, -0.05) is 30.0 Å². The fourth-order valence-corrected chi connectivity index (χ4v) is 1.35. The monoisotopic (exact) mass is 179 g/mol. The van der Waals surface area contributed by atoms with Gasteiger partial charge < -0.3 is 5.73 Å². The van der Waals surface area contributed by atoms with Crippen LogP contribution in [0.3, 0.4) is 0 Å². The minimum atomic E-state index is -0.418. The Morgan fingerprint density at radius 3 is 2.58 bits per heavy atom. The molecule has 12 heavy (non-hydrogen) atoms. The van der Waals surface area contributed by atoms with Crippen LogP contribution in [-0.2, 0) is 4.79 Å². The summed E-state index contributed by atoms with van der Waals surface area (Å²) in [7, 11) is 0. The molecule has 0 fully saturated rings. The first-order valence-corrected chi connectivity index (χ1v) is 4.34. The highest BCUT2D eigenvalue weighted by atomic mass is 32.2. The number of carbonyl (C=O) groups excluding carboxylic acids is 1. The van der Waals surface area contributed by atoms with E-state index in [2.05, 4.69) is 0 Å². The number of hydrogen-bond donors (Lipinski definition) is 1. The minimum absolute atomic E-state index is 0.418. The average molecular weight is 179 g/mol. The van der Waals surface area contributed by atoms with Gasteiger partial charge in [0.05, 0.1) is 0 Å². The maximum atomic E-state index is 10.3. The van der Waals surface area contributed by atoms with Crippen molar-refractivity contribution in [2.75, 3.05) is 0 Å². The molecule has 0 bridgehead atoms. The van der Waals surface area contributed by atoms with E-state index in [9.17, 15) is 4.79 Å². The second kappa shape index (κ2) is 4.62. The largest absolute Gasteiger partial charge is 0.366 e. The van der Waals surface area contributed by atoms with Gasteiger partial charge in [-0.05, 0) is 17.5 Å². The van der Waals surface area contributed by atoms with Gasteiger partial charge in [0.1, 0.15) is 0 Å². The standard InChI is InChI=1S/C9H9NOS/c10-9(11)6-7-12-8-4-2-1-3-5-8/h1-7H,(H2,10,11)/b7-6-. The molecule has 0 saturated carbocycles. The first-order valence-electron chi connectivity index (χ1n) is 3.47. The van der Waals surface area contributed by atoms with Crippen LogP contribution in [0, 0.1) is 0 Å². The molecule has 0 spiro atoms. The van der Waals surface area contributed by atoms with Crippen LogP contribution in [0.4, 0.5) is 0 Å². The van der Waals surface area contributed by atoms with Crippen molar-refractivity contribution in [2.45, 2.75) is 4.90 Å². The smallest absolute Gasteiger partial charge is 0.241 e. The van der Waals surface area contributed by atoms with Crippen molar-refractivity contribution in [3.05, 3.63) is 41.8 Å². The summed E-state index contributed by atoms with van der Waals surface area (Å²) in [6.45, 7) is 0. The van der Waals surface area contributed by atoms with E-state index in [1.54, 1.807) is 5.41 Å². The van der Waals surface area contributed by atoms with Crippen LogP contribution in [0.25, 0.3) is 0 Å². The average Bonchev–Trinajstić information content (AvgIpc) is 2.05. The molecule has 2 nitrogen and oxygen atoms in total. The number of hydrogen-bond acceptors (Lipinski definition) is 2. The van der Waals surface area contributed by atoms with Crippen LogP contribution in [0.2, 0.25) is 0 Å². The maximum Gasteiger partial charge on any atom is 0.241 e. The Kier molecular flexibility index (Phi) is 3.41. The molecular formula is C9H9NOS. The fraction of sp³-hybridized carbons (Fsp3) is 0. The normalized spacial score (nSPS) is 10.3. The zero-order valence-corrected chi connectivity index (χ0v) is 7.25. The van der Waals surface area contributed by atoms with Crippen LogP contribution in [0.15, 0.2) is 46.7 Å². The topological polar surface area (TPSA) is 43.1 Å². The van der Waals surface area contributed by atoms with Crippen molar-refractivity contribution >= 4 is 17.7 Å². The molecule has 1 amide bonds. The predicted octanol–water partition coefficient (Wildman–Crippen LogP) is 1.78. The van der Waals surface area contributed by atoms with Gasteiger partial charge in [0.25, 0.3) is 0 Å². The lowest BCUT2D eigenvalue weighted by atomic mass is 10.4. The summed E-state index contributed by atoms with van der Waals surface area (Å²) in [4.78, 5) is 11.4. The van der Waals surface area contributed by atoms with E-state index in [4.69, 9.17) is 5.73 Å². The highest BCUT2D eigenvalue weighted by Crippen LogP contribution is 2.17. The van der Waals surface area contributed by atoms with E-state index in [-0.39, 0.29) is 0 Å². The molecule has 0 saturated heterocycles. The summed E-state index contributed by atoms with van der Waals surface area (Å²) >= 11 is 1.47. The lowest BCUT2D eigenvalue weighted by Crippen LogP contribution is -2.04. The molecule has 1 aromatic rings. The van der Waals surface area contributed by atoms with Crippen molar-refractivity contribution in [3.63, 3.8) is 0 Å². The Labute approximate surface area is 75.5 Å². The first-order chi connectivity index (χ1) is 5.79. The lowest BCUT2D eigenvalue weighted by molar-refractivity contribution is -0.113. The van der Waals surface area contributed by atoms with E-state index < -0.39 is 5.91 Å². The second-order valence-corrected chi connectivity index (χ2v) is 3.12. The highest BCUT2D eigenvalue weighted by molar-refractivity contribution is 8.02. The molecule has 1 aromatic carbocycles. The molecule has 1 rings (SSSR count). The number of nitrogens with two attached hydrogens (primary N) is 1. The molecular weight excluding hydrogens is 170 g/mol. The van der Waals surface area contributed by atoms with Crippen LogP contribution in [-0.4, -0.2) is 5.91 Å². The molecule has 3 heteroatoms. The molecule has 0 aliphatic carbocycles. The zero-order chi connectivity index (χ0) is 8.81. The third-order valence-corrected chi connectivity index (χ3v) is 2.00. The fourth-order valence-electron chi connectivity index (χ4n) is 0.679. The number of carbonyl (C=O) groups is 1. The molecule has 0 aliphatic heterocycles. The van der Waals surface area contributed by atoms with Crippen LogP contribution in [0.1, 0.15) is 0 Å². The zero-order valence-electron chi connectivity index (χ0n) is 6.44. The van der Waals surface area contributed by atoms with Gasteiger partial charge in [0, 0.05) is 11.0 Å². The summed E-state index contributed by atoms with van der Waals surface area (Å²) in [5, 5.41) is 1.68. The third-order valence-electron chi connectivity index (χ3n) is 1.18. The van der Waals surface area contributed by atoms with Gasteiger partial charge in [-0.25, -0.2) is 0 Å². The quantitative estimate of drug-likeness (QED) is 0.567. The summed E-state index contributed by atoms with van der Waals surface area (Å²) in [5.74, 6) is -0.418. The van der Waals surface area contributed by atoms with Crippen molar-refractivity contribution in [1.82, 2.24) is 0 Å². The molecule has 0 aliphatic rings. The Morgan fingerprint density at radius 1 is 1.33 bits per heavy atom. The SMILES string of the molecule is NC(=O)/C=C\Sc1ccccc1. The van der Waals surface area contributed by atoms with E-state index >= 15 is 0 Å². The van der Waals surface area contributed by atoms with Gasteiger partial charge in [0.2, 0.25) is 5.91 Å². The summed E-state index contributed by atoms with van der Waals surface area (Å²) in [6, 6.07) is 9.77. The van der Waals surface area contributed by atoms with Crippen molar-refractivity contribution in [1.29, 1.82) is 0 Å². The Balaban J connectivity index is 2.49. The molecule has 0 radical (unpaired) electrons. The van der Waals surface area contributed by atoms with Crippen molar-refractivity contribution in [3.8, 4) is 0 Å². The van der Waals surface area contributed by atoms with E-state index in [1.165, 1.54) is 17.8 Å². The Morgan fingerprint density at radius 2 is 2.00 bits per heavy atom. The van der Waals surface area contributed by atoms with E-state index in [1.807, 2.05) is 30.3 Å². The van der Waals surface area contributed by atoms with Crippen LogP contribution in [0.5, 0.6) is 0 Å². The van der Waals surface area contributed by atoms with Gasteiger partial charge in [0.15, 0.2) is 0 Å². The minimum Gasteiger partial charge on any atom is -0.366 e. The van der Waals surface area contributed by atoms with E-state index in [0.717, 1.165) is 4.90 Å². The van der Waals surface area contributed by atoms with E-state index in [0.29, 0.717) is 0 Å². The Hall–Kier alpha value is -1.22. The van der Waals surface area contributed by atoms with Gasteiger partial charge >= 0.3 is 0 Å². The van der Waals surface area contributed by atoms with Crippen molar-refractivity contribution < 1.29 is 4.79 Å². The van der Waals surface area contributed by atoms with Gasteiger partial charge in [-0.3, -0.25) is 4.79 Å². The molecule has 0 aromatic heterocycles. The van der Waals surface area contributed by atoms with Crippen molar-refractivity contribution in [2.24, 2.45) is 5.73 Å². The summed E-state index contributed by atoms with van der Waals surface area (Å²) in [5.41, 5.74) is 4.92. The Bertz CT molecular complexity index is 282. The summed E-state index contributed by atoms with van der Waals surface area (Å²) < 4.78 is 0. The number of thioether (sulfide) groups is 1. The highest BCUT2D eigenvalue weighted by Gasteiger charge is 1.87. The lowest BCUT2D eigenvalue weighted by Gasteiger charge is -1.92. The third kappa shape index (κ3) is 3.25. The summed E-state index contributed by atoms with van der Waals surface area (Å²) in [6.07, 6.45) is 1.34. The number of amides is 1. The number of rotatable bonds is 3. The molecule has 0 heterocycles. The number of primary amides is 1. The molecule has 0 atom stereocenters. The van der Waals surface area contributed by atoms with Gasteiger partial charge in [-0.2, -0.15) is 0 Å². The first kappa shape index (κ1) is 8.87.